The lowest BCUT2D eigenvalue weighted by molar-refractivity contribution is 0.102. The minimum Gasteiger partial charge on any atom is -0.495 e. The zero-order chi connectivity index (χ0) is 18.6. The van der Waals surface area contributed by atoms with Crippen LogP contribution in [0.1, 0.15) is 15.9 Å². The molecule has 134 valence electrons. The third-order valence-electron chi connectivity index (χ3n) is 3.60. The second-order valence-electron chi connectivity index (χ2n) is 5.46. The fourth-order valence-corrected chi connectivity index (χ4v) is 3.04. The number of nitrogens with one attached hydrogen (secondary N) is 1. The molecule has 0 aliphatic heterocycles. The Balaban J connectivity index is 2.35. The van der Waals surface area contributed by atoms with Gasteiger partial charge in [0.05, 0.1) is 24.3 Å². The summed E-state index contributed by atoms with van der Waals surface area (Å²) < 4.78 is 30.8. The second kappa shape index (κ2) is 7.64. The summed E-state index contributed by atoms with van der Waals surface area (Å²) in [4.78, 5) is 12.4. The number of sulfonamides is 1. The Bertz CT molecular complexity index is 861. The summed E-state index contributed by atoms with van der Waals surface area (Å²) in [5.41, 5.74) is 1.31. The molecule has 7 nitrogen and oxygen atoms in total. The van der Waals surface area contributed by atoms with Crippen LogP contribution in [0.5, 0.6) is 5.75 Å². The molecule has 2 N–H and O–H groups in total. The Morgan fingerprint density at radius 2 is 1.80 bits per heavy atom. The summed E-state index contributed by atoms with van der Waals surface area (Å²) in [5, 5.41) is 11.7. The van der Waals surface area contributed by atoms with Crippen molar-refractivity contribution in [3.05, 3.63) is 53.6 Å². The Labute approximate surface area is 146 Å². The van der Waals surface area contributed by atoms with Crippen molar-refractivity contribution in [3.63, 3.8) is 0 Å². The minimum atomic E-state index is -3.64. The van der Waals surface area contributed by atoms with Gasteiger partial charge in [0.1, 0.15) is 5.75 Å². The van der Waals surface area contributed by atoms with Crippen molar-refractivity contribution in [2.75, 3.05) is 26.5 Å². The molecule has 0 saturated heterocycles. The van der Waals surface area contributed by atoms with E-state index in [1.54, 1.807) is 24.3 Å². The van der Waals surface area contributed by atoms with Gasteiger partial charge in [-0.3, -0.25) is 4.79 Å². The van der Waals surface area contributed by atoms with Crippen LogP contribution in [0, 0.1) is 0 Å². The van der Waals surface area contributed by atoms with E-state index in [4.69, 9.17) is 9.84 Å². The molecular formula is C17H20N2O5S. The summed E-state index contributed by atoms with van der Waals surface area (Å²) in [6, 6.07) is 10.7. The van der Waals surface area contributed by atoms with E-state index < -0.39 is 15.9 Å². The number of nitrogens with zero attached hydrogens (tertiary/aromatic N) is 1. The quantitative estimate of drug-likeness (QED) is 0.813. The van der Waals surface area contributed by atoms with Crippen molar-refractivity contribution in [2.24, 2.45) is 0 Å². The number of aliphatic hydroxyl groups is 1. The molecule has 0 aliphatic rings. The SMILES string of the molecule is COc1ccc(S(=O)(=O)N(C)C)cc1NC(=O)c1ccc(CO)cc1. The number of rotatable bonds is 6. The molecule has 0 atom stereocenters. The maximum Gasteiger partial charge on any atom is 0.255 e. The number of benzene rings is 2. The van der Waals surface area contributed by atoms with E-state index >= 15 is 0 Å². The summed E-state index contributed by atoms with van der Waals surface area (Å²) in [5.74, 6) is -0.0692. The molecule has 0 unspecified atom stereocenters. The normalized spacial score (nSPS) is 11.4. The van der Waals surface area contributed by atoms with Gasteiger partial charge in [-0.2, -0.15) is 0 Å². The van der Waals surface area contributed by atoms with Gasteiger partial charge >= 0.3 is 0 Å². The van der Waals surface area contributed by atoms with Crippen molar-refractivity contribution in [3.8, 4) is 5.75 Å². The zero-order valence-electron chi connectivity index (χ0n) is 14.2. The van der Waals surface area contributed by atoms with Crippen LogP contribution in [0.15, 0.2) is 47.4 Å². The standard InChI is InChI=1S/C17H20N2O5S/c1-19(2)25(22,23)14-8-9-16(24-3)15(10-14)18-17(21)13-6-4-12(11-20)5-7-13/h4-10,20H,11H2,1-3H3,(H,18,21). The number of carbonyl (C=O) groups excluding carboxylic acids is 1. The van der Waals surface area contributed by atoms with Gasteiger partial charge < -0.3 is 15.2 Å². The Kier molecular flexibility index (Phi) is 5.78. The number of anilines is 1. The van der Waals surface area contributed by atoms with Crippen molar-refractivity contribution < 1.29 is 23.1 Å². The van der Waals surface area contributed by atoms with Crippen LogP contribution in [0.2, 0.25) is 0 Å². The van der Waals surface area contributed by atoms with Gasteiger partial charge in [-0.15, -0.1) is 0 Å². The van der Waals surface area contributed by atoms with Crippen molar-refractivity contribution in [1.82, 2.24) is 4.31 Å². The third-order valence-corrected chi connectivity index (χ3v) is 5.41. The first-order valence-corrected chi connectivity index (χ1v) is 8.85. The number of carbonyl (C=O) groups is 1. The molecule has 2 aromatic rings. The molecule has 0 aromatic heterocycles. The van der Waals surface area contributed by atoms with Crippen LogP contribution < -0.4 is 10.1 Å². The topological polar surface area (TPSA) is 95.9 Å². The first-order valence-electron chi connectivity index (χ1n) is 7.41. The lowest BCUT2D eigenvalue weighted by Crippen LogP contribution is -2.22. The van der Waals surface area contributed by atoms with E-state index in [0.29, 0.717) is 16.9 Å². The van der Waals surface area contributed by atoms with E-state index in [9.17, 15) is 13.2 Å². The molecule has 0 aliphatic carbocycles. The van der Waals surface area contributed by atoms with Crippen molar-refractivity contribution in [2.45, 2.75) is 11.5 Å². The van der Waals surface area contributed by atoms with E-state index in [1.807, 2.05) is 0 Å². The highest BCUT2D eigenvalue weighted by molar-refractivity contribution is 7.89. The number of hydrogen-bond acceptors (Lipinski definition) is 5. The summed E-state index contributed by atoms with van der Waals surface area (Å²) >= 11 is 0. The number of amides is 1. The summed E-state index contributed by atoms with van der Waals surface area (Å²) in [6.07, 6.45) is 0. The molecule has 25 heavy (non-hydrogen) atoms. The second-order valence-corrected chi connectivity index (χ2v) is 7.61. The van der Waals surface area contributed by atoms with E-state index in [-0.39, 0.29) is 17.2 Å². The highest BCUT2D eigenvalue weighted by atomic mass is 32.2. The lowest BCUT2D eigenvalue weighted by atomic mass is 10.1. The molecule has 0 fully saturated rings. The van der Waals surface area contributed by atoms with E-state index in [1.165, 1.54) is 39.4 Å². The predicted molar refractivity (Wildman–Crippen MR) is 94.2 cm³/mol. The molecule has 0 radical (unpaired) electrons. The minimum absolute atomic E-state index is 0.0456. The largest absolute Gasteiger partial charge is 0.495 e. The van der Waals surface area contributed by atoms with Gasteiger partial charge in [0, 0.05) is 19.7 Å². The van der Waals surface area contributed by atoms with Crippen LogP contribution in [0.4, 0.5) is 5.69 Å². The van der Waals surface area contributed by atoms with Gasteiger partial charge in [0.2, 0.25) is 10.0 Å². The Morgan fingerprint density at radius 1 is 1.16 bits per heavy atom. The zero-order valence-corrected chi connectivity index (χ0v) is 15.0. The van der Waals surface area contributed by atoms with Crippen molar-refractivity contribution in [1.29, 1.82) is 0 Å². The molecule has 2 aromatic carbocycles. The van der Waals surface area contributed by atoms with Crippen LogP contribution in [0.3, 0.4) is 0 Å². The Hall–Kier alpha value is -2.42. The number of methoxy groups -OCH3 is 1. The molecule has 1 amide bonds. The van der Waals surface area contributed by atoms with Gasteiger partial charge in [-0.1, -0.05) is 12.1 Å². The molecule has 8 heteroatoms. The Morgan fingerprint density at radius 3 is 2.32 bits per heavy atom. The molecular weight excluding hydrogens is 344 g/mol. The van der Waals surface area contributed by atoms with Crippen LogP contribution >= 0.6 is 0 Å². The monoisotopic (exact) mass is 364 g/mol. The summed E-state index contributed by atoms with van der Waals surface area (Å²) in [7, 11) is 0.659. The van der Waals surface area contributed by atoms with Crippen molar-refractivity contribution >= 4 is 21.6 Å². The maximum atomic E-state index is 12.4. The predicted octanol–water partition coefficient (Wildman–Crippen LogP) is 1.69. The van der Waals surface area contributed by atoms with Gasteiger partial charge in [0.25, 0.3) is 5.91 Å². The maximum absolute atomic E-state index is 12.4. The fraction of sp³-hybridized carbons (Fsp3) is 0.235. The molecule has 2 rings (SSSR count). The number of ether oxygens (including phenoxy) is 1. The van der Waals surface area contributed by atoms with Crippen LogP contribution in [0.25, 0.3) is 0 Å². The third kappa shape index (κ3) is 4.16. The van der Waals surface area contributed by atoms with Crippen LogP contribution in [-0.4, -0.2) is 44.9 Å². The smallest absolute Gasteiger partial charge is 0.255 e. The van der Waals surface area contributed by atoms with Gasteiger partial charge in [-0.25, -0.2) is 12.7 Å². The number of aliphatic hydroxyl groups excluding tert-OH is 1. The number of hydrogen-bond donors (Lipinski definition) is 2. The first-order chi connectivity index (χ1) is 11.8. The van der Waals surface area contributed by atoms with E-state index in [2.05, 4.69) is 5.32 Å². The average Bonchev–Trinajstić information content (AvgIpc) is 2.61. The molecule has 0 heterocycles. The molecule has 0 bridgehead atoms. The highest BCUT2D eigenvalue weighted by Gasteiger charge is 2.20. The molecule has 0 saturated carbocycles. The van der Waals surface area contributed by atoms with E-state index in [0.717, 1.165) is 4.31 Å². The highest BCUT2D eigenvalue weighted by Crippen LogP contribution is 2.29. The van der Waals surface area contributed by atoms with Gasteiger partial charge in [0.15, 0.2) is 0 Å². The molecule has 0 spiro atoms. The fourth-order valence-electron chi connectivity index (χ4n) is 2.11. The van der Waals surface area contributed by atoms with Crippen LogP contribution in [-0.2, 0) is 16.6 Å². The van der Waals surface area contributed by atoms with Gasteiger partial charge in [-0.05, 0) is 35.9 Å². The summed E-state index contributed by atoms with van der Waals surface area (Å²) in [6.45, 7) is -0.111. The average molecular weight is 364 g/mol. The first kappa shape index (κ1) is 18.9. The lowest BCUT2D eigenvalue weighted by Gasteiger charge is -2.15.